The molecule has 0 aromatic carbocycles. The van der Waals surface area contributed by atoms with Gasteiger partial charge in [-0.2, -0.15) is 0 Å². The van der Waals surface area contributed by atoms with Crippen molar-refractivity contribution < 1.29 is 4.42 Å². The fourth-order valence-electron chi connectivity index (χ4n) is 1.97. The van der Waals surface area contributed by atoms with Crippen molar-refractivity contribution in [1.82, 2.24) is 4.98 Å². The molecule has 0 aliphatic heterocycles. The lowest BCUT2D eigenvalue weighted by Gasteiger charge is -2.21. The molecule has 0 unspecified atom stereocenters. The number of hydrogen-bond donors (Lipinski definition) is 1. The van der Waals surface area contributed by atoms with Gasteiger partial charge in [0.1, 0.15) is 11.6 Å². The number of aromatic nitrogens is 1. The number of nitrogens with zero attached hydrogens (tertiary/aromatic N) is 2. The SMILES string of the molecule is Cc1ccc(CN)c(N(C)Cc2ccoc2C)n1. The Kier molecular flexibility index (Phi) is 3.67. The molecule has 18 heavy (non-hydrogen) atoms. The van der Waals surface area contributed by atoms with Crippen molar-refractivity contribution in [2.24, 2.45) is 5.73 Å². The molecular weight excluding hydrogens is 226 g/mol. The first kappa shape index (κ1) is 12.6. The highest BCUT2D eigenvalue weighted by Gasteiger charge is 2.11. The highest BCUT2D eigenvalue weighted by molar-refractivity contribution is 5.47. The molecule has 2 rings (SSSR count). The van der Waals surface area contributed by atoms with Gasteiger partial charge in [-0.05, 0) is 26.0 Å². The molecule has 4 heteroatoms. The van der Waals surface area contributed by atoms with Gasteiger partial charge in [0.05, 0.1) is 6.26 Å². The van der Waals surface area contributed by atoms with Crippen LogP contribution in [0.4, 0.5) is 5.82 Å². The molecule has 2 N–H and O–H groups in total. The average molecular weight is 245 g/mol. The van der Waals surface area contributed by atoms with E-state index in [2.05, 4.69) is 9.88 Å². The van der Waals surface area contributed by atoms with Crippen LogP contribution in [0.15, 0.2) is 28.9 Å². The molecule has 0 bridgehead atoms. The Bertz CT molecular complexity index is 534. The second-order valence-corrected chi connectivity index (χ2v) is 4.50. The quantitative estimate of drug-likeness (QED) is 0.898. The van der Waals surface area contributed by atoms with Gasteiger partial charge in [-0.25, -0.2) is 4.98 Å². The van der Waals surface area contributed by atoms with Crippen molar-refractivity contribution in [2.75, 3.05) is 11.9 Å². The molecular formula is C14H19N3O. The maximum Gasteiger partial charge on any atom is 0.133 e. The van der Waals surface area contributed by atoms with E-state index in [-0.39, 0.29) is 0 Å². The molecule has 2 aromatic rings. The zero-order valence-corrected chi connectivity index (χ0v) is 11.1. The number of hydrogen-bond acceptors (Lipinski definition) is 4. The minimum absolute atomic E-state index is 0.497. The topological polar surface area (TPSA) is 55.3 Å². The summed E-state index contributed by atoms with van der Waals surface area (Å²) in [5.41, 5.74) is 8.98. The van der Waals surface area contributed by atoms with Crippen molar-refractivity contribution in [3.63, 3.8) is 0 Å². The Morgan fingerprint density at radius 1 is 1.22 bits per heavy atom. The van der Waals surface area contributed by atoms with Crippen LogP contribution in [0.5, 0.6) is 0 Å². The largest absolute Gasteiger partial charge is 0.469 e. The molecule has 0 radical (unpaired) electrons. The van der Waals surface area contributed by atoms with Crippen LogP contribution in [0.3, 0.4) is 0 Å². The molecule has 0 atom stereocenters. The number of rotatable bonds is 4. The van der Waals surface area contributed by atoms with Gasteiger partial charge in [0.15, 0.2) is 0 Å². The van der Waals surface area contributed by atoms with E-state index in [1.165, 1.54) is 5.56 Å². The predicted molar refractivity (Wildman–Crippen MR) is 72.4 cm³/mol. The summed E-state index contributed by atoms with van der Waals surface area (Å²) in [6.45, 7) is 5.22. The van der Waals surface area contributed by atoms with Gasteiger partial charge in [-0.3, -0.25) is 0 Å². The minimum atomic E-state index is 0.497. The minimum Gasteiger partial charge on any atom is -0.469 e. The van der Waals surface area contributed by atoms with E-state index >= 15 is 0 Å². The van der Waals surface area contributed by atoms with Crippen LogP contribution in [0, 0.1) is 13.8 Å². The van der Waals surface area contributed by atoms with Gasteiger partial charge in [-0.15, -0.1) is 0 Å². The molecule has 0 aliphatic carbocycles. The van der Waals surface area contributed by atoms with E-state index in [0.29, 0.717) is 6.54 Å². The number of pyridine rings is 1. The third-order valence-electron chi connectivity index (χ3n) is 3.05. The van der Waals surface area contributed by atoms with Gasteiger partial charge in [-0.1, -0.05) is 6.07 Å². The normalized spacial score (nSPS) is 10.7. The van der Waals surface area contributed by atoms with Crippen molar-refractivity contribution in [3.8, 4) is 0 Å². The Morgan fingerprint density at radius 2 is 2.00 bits per heavy atom. The highest BCUT2D eigenvalue weighted by atomic mass is 16.3. The molecule has 0 aliphatic rings. The van der Waals surface area contributed by atoms with E-state index in [9.17, 15) is 0 Å². The van der Waals surface area contributed by atoms with Crippen LogP contribution in [0.1, 0.15) is 22.6 Å². The smallest absolute Gasteiger partial charge is 0.133 e. The summed E-state index contributed by atoms with van der Waals surface area (Å²) in [5, 5.41) is 0. The van der Waals surface area contributed by atoms with Crippen molar-refractivity contribution in [3.05, 3.63) is 47.0 Å². The average Bonchev–Trinajstić information content (AvgIpc) is 2.75. The van der Waals surface area contributed by atoms with Crippen molar-refractivity contribution >= 4 is 5.82 Å². The molecule has 4 nitrogen and oxygen atoms in total. The first-order chi connectivity index (χ1) is 8.61. The number of nitrogens with two attached hydrogens (primary N) is 1. The molecule has 0 fully saturated rings. The fraction of sp³-hybridized carbons (Fsp3) is 0.357. The maximum atomic E-state index is 5.76. The van der Waals surface area contributed by atoms with Crippen molar-refractivity contribution in [1.29, 1.82) is 0 Å². The zero-order valence-electron chi connectivity index (χ0n) is 11.1. The predicted octanol–water partition coefficient (Wildman–Crippen LogP) is 2.39. The summed E-state index contributed by atoms with van der Waals surface area (Å²) in [5.74, 6) is 1.89. The fourth-order valence-corrected chi connectivity index (χ4v) is 1.97. The molecule has 0 spiro atoms. The molecule has 0 saturated heterocycles. The van der Waals surface area contributed by atoms with E-state index in [1.54, 1.807) is 6.26 Å². The monoisotopic (exact) mass is 245 g/mol. The third-order valence-corrected chi connectivity index (χ3v) is 3.05. The summed E-state index contributed by atoms with van der Waals surface area (Å²) in [7, 11) is 2.02. The Labute approximate surface area is 107 Å². The van der Waals surface area contributed by atoms with Gasteiger partial charge in [0.25, 0.3) is 0 Å². The van der Waals surface area contributed by atoms with Crippen LogP contribution in [0.25, 0.3) is 0 Å². The second kappa shape index (κ2) is 5.23. The van der Waals surface area contributed by atoms with Gasteiger partial charge in [0.2, 0.25) is 0 Å². The summed E-state index contributed by atoms with van der Waals surface area (Å²) in [6.07, 6.45) is 1.71. The Morgan fingerprint density at radius 3 is 2.61 bits per heavy atom. The molecule has 2 heterocycles. The lowest BCUT2D eigenvalue weighted by atomic mass is 10.2. The Hall–Kier alpha value is -1.81. The lowest BCUT2D eigenvalue weighted by Crippen LogP contribution is -2.20. The summed E-state index contributed by atoms with van der Waals surface area (Å²) in [6, 6.07) is 6.02. The number of furan rings is 1. The summed E-state index contributed by atoms with van der Waals surface area (Å²) < 4.78 is 5.31. The zero-order chi connectivity index (χ0) is 13.1. The number of aryl methyl sites for hydroxylation is 2. The van der Waals surface area contributed by atoms with Crippen LogP contribution >= 0.6 is 0 Å². The first-order valence-corrected chi connectivity index (χ1v) is 6.02. The number of anilines is 1. The van der Waals surface area contributed by atoms with Gasteiger partial charge >= 0.3 is 0 Å². The van der Waals surface area contributed by atoms with Crippen molar-refractivity contribution in [2.45, 2.75) is 26.9 Å². The molecule has 0 amide bonds. The van der Waals surface area contributed by atoms with Gasteiger partial charge in [0, 0.05) is 37.0 Å². The highest BCUT2D eigenvalue weighted by Crippen LogP contribution is 2.20. The third kappa shape index (κ3) is 2.54. The standard InChI is InChI=1S/C14H19N3O/c1-10-4-5-12(8-15)14(16-10)17(3)9-13-6-7-18-11(13)2/h4-7H,8-9,15H2,1-3H3. The maximum absolute atomic E-state index is 5.76. The lowest BCUT2D eigenvalue weighted by molar-refractivity contribution is 0.529. The Balaban J connectivity index is 2.25. The van der Waals surface area contributed by atoms with Crippen LogP contribution in [0.2, 0.25) is 0 Å². The summed E-state index contributed by atoms with van der Waals surface area (Å²) in [4.78, 5) is 6.67. The molecule has 96 valence electrons. The van der Waals surface area contributed by atoms with Crippen LogP contribution in [-0.4, -0.2) is 12.0 Å². The second-order valence-electron chi connectivity index (χ2n) is 4.50. The first-order valence-electron chi connectivity index (χ1n) is 6.02. The molecule has 0 saturated carbocycles. The van der Waals surface area contributed by atoms with E-state index in [4.69, 9.17) is 10.2 Å². The van der Waals surface area contributed by atoms with Gasteiger partial charge < -0.3 is 15.1 Å². The van der Waals surface area contributed by atoms with E-state index in [0.717, 1.165) is 29.4 Å². The van der Waals surface area contributed by atoms with Crippen LogP contribution < -0.4 is 10.6 Å². The summed E-state index contributed by atoms with van der Waals surface area (Å²) >= 11 is 0. The van der Waals surface area contributed by atoms with E-state index < -0.39 is 0 Å². The van der Waals surface area contributed by atoms with Crippen LogP contribution in [-0.2, 0) is 13.1 Å². The molecule has 2 aromatic heterocycles. The van der Waals surface area contributed by atoms with E-state index in [1.807, 2.05) is 39.1 Å².